The molecule has 1 amide bonds. The number of alkyl carbamates (subject to hydrolysis) is 1. The van der Waals surface area contributed by atoms with Crippen LogP contribution in [-0.2, 0) is 24.8 Å². The van der Waals surface area contributed by atoms with Gasteiger partial charge in [-0.15, -0.1) is 0 Å². The van der Waals surface area contributed by atoms with Gasteiger partial charge >= 0.3 is 6.09 Å². The summed E-state index contributed by atoms with van der Waals surface area (Å²) in [6.07, 6.45) is 0.556. The lowest BCUT2D eigenvalue weighted by molar-refractivity contribution is -0.0641. The molecule has 2 bridgehead atoms. The number of nitrogens with zero attached hydrogens (tertiary/aromatic N) is 2. The van der Waals surface area contributed by atoms with Crippen molar-refractivity contribution in [1.82, 2.24) is 14.8 Å². The number of ether oxygens (including phenoxy) is 1. The van der Waals surface area contributed by atoms with E-state index in [1.807, 2.05) is 26.8 Å². The second-order valence-corrected chi connectivity index (χ2v) is 10.7. The van der Waals surface area contributed by atoms with Gasteiger partial charge in [-0.25, -0.2) is 4.79 Å². The average molecular weight is 462 g/mol. The number of aliphatic hydroxyl groups is 1. The van der Waals surface area contributed by atoms with Gasteiger partial charge in [-0.05, 0) is 50.8 Å². The standard InChI is InChI=1S/C28H35N3O3/c1-28(2,3)34-27(33)29-16-21-23-14-20-19-12-8-9-13-22(19)30(4)26(20)24(15-25(21)32)31(23)17-18-10-6-5-7-11-18/h5-13,21,23-25,32H,14-17H2,1-4H3,(H,29,33)/t21-,23+,24+,25+/m1/s1. The molecule has 34 heavy (non-hydrogen) atoms. The Morgan fingerprint density at radius 3 is 2.56 bits per heavy atom. The van der Waals surface area contributed by atoms with Crippen LogP contribution >= 0.6 is 0 Å². The van der Waals surface area contributed by atoms with Gasteiger partial charge in [-0.3, -0.25) is 4.90 Å². The second kappa shape index (κ2) is 8.75. The smallest absolute Gasteiger partial charge is 0.407 e. The molecule has 2 aliphatic heterocycles. The summed E-state index contributed by atoms with van der Waals surface area (Å²) in [5.74, 6) is -0.0837. The van der Waals surface area contributed by atoms with Gasteiger partial charge in [-0.1, -0.05) is 48.5 Å². The van der Waals surface area contributed by atoms with Crippen molar-refractivity contribution in [2.45, 2.75) is 63.9 Å². The van der Waals surface area contributed by atoms with Crippen LogP contribution in [-0.4, -0.2) is 45.0 Å². The zero-order valence-corrected chi connectivity index (χ0v) is 20.5. The van der Waals surface area contributed by atoms with Crippen molar-refractivity contribution < 1.29 is 14.6 Å². The predicted octanol–water partition coefficient (Wildman–Crippen LogP) is 4.55. The van der Waals surface area contributed by atoms with Crippen molar-refractivity contribution >= 4 is 17.0 Å². The van der Waals surface area contributed by atoms with E-state index in [2.05, 4.69) is 70.4 Å². The number of aryl methyl sites for hydroxylation is 1. The fraction of sp³-hybridized carbons (Fsp3) is 0.464. The van der Waals surface area contributed by atoms with Crippen molar-refractivity contribution in [3.8, 4) is 0 Å². The van der Waals surface area contributed by atoms with E-state index in [1.165, 1.54) is 27.7 Å². The Labute approximate surface area is 201 Å². The van der Waals surface area contributed by atoms with Gasteiger partial charge in [0.15, 0.2) is 0 Å². The number of piperidine rings is 1. The zero-order valence-electron chi connectivity index (χ0n) is 20.5. The fourth-order valence-electron chi connectivity index (χ4n) is 5.96. The summed E-state index contributed by atoms with van der Waals surface area (Å²) in [5.41, 5.74) is 4.63. The Morgan fingerprint density at radius 2 is 1.82 bits per heavy atom. The van der Waals surface area contributed by atoms with Crippen molar-refractivity contribution in [3.63, 3.8) is 0 Å². The molecule has 6 nitrogen and oxygen atoms in total. The number of nitrogens with one attached hydrogen (secondary N) is 1. The number of aromatic nitrogens is 1. The lowest BCUT2D eigenvalue weighted by atomic mass is 9.74. The summed E-state index contributed by atoms with van der Waals surface area (Å²) in [7, 11) is 2.14. The Balaban J connectivity index is 1.50. The number of benzene rings is 2. The first-order valence-electron chi connectivity index (χ1n) is 12.2. The SMILES string of the molecule is Cn1c2c(c3ccccc31)C[C@H]1[C@@H](CNC(=O)OC(C)(C)C)[C@@H](O)C[C@@H]2N1Cc1ccccc1. The number of para-hydroxylation sites is 1. The van der Waals surface area contributed by atoms with E-state index >= 15 is 0 Å². The maximum atomic E-state index is 12.4. The molecular formula is C28H35N3O3. The first-order chi connectivity index (χ1) is 16.2. The lowest BCUT2D eigenvalue weighted by Gasteiger charge is -2.52. The number of hydrogen-bond acceptors (Lipinski definition) is 4. The van der Waals surface area contributed by atoms with E-state index in [4.69, 9.17) is 4.74 Å². The Bertz CT molecular complexity index is 1180. The molecule has 1 saturated heterocycles. The van der Waals surface area contributed by atoms with Gasteiger partial charge in [0, 0.05) is 48.7 Å². The molecule has 0 radical (unpaired) electrons. The minimum Gasteiger partial charge on any atom is -0.444 e. The van der Waals surface area contributed by atoms with Crippen LogP contribution in [0, 0.1) is 5.92 Å². The Kier molecular flexibility index (Phi) is 5.90. The van der Waals surface area contributed by atoms with Crippen LogP contribution in [0.3, 0.4) is 0 Å². The fourth-order valence-corrected chi connectivity index (χ4v) is 5.96. The molecule has 0 spiro atoms. The summed E-state index contributed by atoms with van der Waals surface area (Å²) in [6, 6.07) is 19.3. The van der Waals surface area contributed by atoms with Gasteiger partial charge in [0.05, 0.1) is 12.1 Å². The van der Waals surface area contributed by atoms with E-state index in [0.717, 1.165) is 13.0 Å². The number of carbonyl (C=O) groups excluding carboxylic acids is 1. The highest BCUT2D eigenvalue weighted by Gasteiger charge is 2.48. The quantitative estimate of drug-likeness (QED) is 0.598. The molecule has 1 aromatic heterocycles. The molecule has 2 aliphatic rings. The third kappa shape index (κ3) is 4.21. The maximum absolute atomic E-state index is 12.4. The van der Waals surface area contributed by atoms with Gasteiger partial charge in [0.25, 0.3) is 0 Å². The zero-order chi connectivity index (χ0) is 24.0. The first-order valence-corrected chi connectivity index (χ1v) is 12.2. The molecule has 4 atom stereocenters. The minimum atomic E-state index is -0.553. The molecule has 0 aliphatic carbocycles. The summed E-state index contributed by atoms with van der Waals surface area (Å²) >= 11 is 0. The van der Waals surface area contributed by atoms with E-state index < -0.39 is 17.8 Å². The summed E-state index contributed by atoms with van der Waals surface area (Å²) < 4.78 is 7.77. The maximum Gasteiger partial charge on any atom is 0.407 e. The molecule has 2 aromatic carbocycles. The monoisotopic (exact) mass is 461 g/mol. The van der Waals surface area contributed by atoms with Gasteiger partial charge in [0.1, 0.15) is 5.60 Å². The highest BCUT2D eigenvalue weighted by molar-refractivity contribution is 5.86. The van der Waals surface area contributed by atoms with Crippen LogP contribution in [0.1, 0.15) is 50.1 Å². The van der Waals surface area contributed by atoms with Crippen LogP contribution in [0.5, 0.6) is 0 Å². The number of carbonyl (C=O) groups is 1. The van der Waals surface area contributed by atoms with Crippen LogP contribution in [0.4, 0.5) is 4.79 Å². The molecule has 2 N–H and O–H groups in total. The van der Waals surface area contributed by atoms with Crippen LogP contribution in [0.15, 0.2) is 54.6 Å². The molecule has 0 saturated carbocycles. The molecular weight excluding hydrogens is 426 g/mol. The first kappa shape index (κ1) is 22.9. The van der Waals surface area contributed by atoms with Gasteiger partial charge < -0.3 is 19.7 Å². The number of rotatable bonds is 4. The largest absolute Gasteiger partial charge is 0.444 e. The number of aliphatic hydroxyl groups excluding tert-OH is 1. The Hall–Kier alpha value is -2.83. The second-order valence-electron chi connectivity index (χ2n) is 10.7. The average Bonchev–Trinajstić information content (AvgIpc) is 3.06. The number of amides is 1. The molecule has 0 unspecified atom stereocenters. The third-order valence-electron chi connectivity index (χ3n) is 7.36. The van der Waals surface area contributed by atoms with E-state index in [0.29, 0.717) is 13.0 Å². The number of fused-ring (bicyclic) bond motifs is 6. The van der Waals surface area contributed by atoms with Crippen molar-refractivity contribution in [3.05, 3.63) is 71.4 Å². The molecule has 3 aromatic rings. The summed E-state index contributed by atoms with van der Waals surface area (Å²) in [6.45, 7) is 6.78. The van der Waals surface area contributed by atoms with Crippen LogP contribution in [0.2, 0.25) is 0 Å². The summed E-state index contributed by atoms with van der Waals surface area (Å²) in [4.78, 5) is 14.9. The van der Waals surface area contributed by atoms with Crippen molar-refractivity contribution in [1.29, 1.82) is 0 Å². The van der Waals surface area contributed by atoms with E-state index in [-0.39, 0.29) is 18.0 Å². The molecule has 180 valence electrons. The van der Waals surface area contributed by atoms with Gasteiger partial charge in [-0.2, -0.15) is 0 Å². The van der Waals surface area contributed by atoms with Crippen molar-refractivity contribution in [2.24, 2.45) is 13.0 Å². The van der Waals surface area contributed by atoms with Crippen LogP contribution < -0.4 is 5.32 Å². The summed E-state index contributed by atoms with van der Waals surface area (Å²) in [5, 5.41) is 15.5. The van der Waals surface area contributed by atoms with E-state index in [1.54, 1.807) is 0 Å². The topological polar surface area (TPSA) is 66.7 Å². The molecule has 1 fully saturated rings. The van der Waals surface area contributed by atoms with E-state index in [9.17, 15) is 9.90 Å². The minimum absolute atomic E-state index is 0.0837. The number of hydrogen-bond donors (Lipinski definition) is 2. The Morgan fingerprint density at radius 1 is 1.12 bits per heavy atom. The highest BCUT2D eigenvalue weighted by Crippen LogP contribution is 2.47. The molecule has 3 heterocycles. The van der Waals surface area contributed by atoms with Crippen LogP contribution in [0.25, 0.3) is 10.9 Å². The predicted molar refractivity (Wildman–Crippen MR) is 133 cm³/mol. The highest BCUT2D eigenvalue weighted by atomic mass is 16.6. The molecule has 5 rings (SSSR count). The third-order valence-corrected chi connectivity index (χ3v) is 7.36. The van der Waals surface area contributed by atoms with Crippen molar-refractivity contribution in [2.75, 3.05) is 6.54 Å². The normalized spacial score (nSPS) is 24.6. The molecule has 6 heteroatoms. The van der Waals surface area contributed by atoms with Gasteiger partial charge in [0.2, 0.25) is 0 Å². The lowest BCUT2D eigenvalue weighted by Crippen LogP contribution is -2.58.